The summed E-state index contributed by atoms with van der Waals surface area (Å²) in [6.45, 7) is 5.11. The van der Waals surface area contributed by atoms with E-state index in [0.717, 1.165) is 19.4 Å². The second-order valence-electron chi connectivity index (χ2n) is 4.13. The van der Waals surface area contributed by atoms with Gasteiger partial charge in [0, 0.05) is 12.6 Å². The Labute approximate surface area is 128 Å². The van der Waals surface area contributed by atoms with E-state index in [-0.39, 0.29) is 24.0 Å². The maximum absolute atomic E-state index is 5.75. The molecule has 104 valence electrons. The first-order valence-electron chi connectivity index (χ1n) is 6.26. The van der Waals surface area contributed by atoms with Crippen LogP contribution in [0.5, 0.6) is 0 Å². The van der Waals surface area contributed by atoms with E-state index < -0.39 is 0 Å². The first-order valence-corrected chi connectivity index (χ1v) is 7.65. The lowest BCUT2D eigenvalue weighted by atomic mass is 10.2. The fraction of sp³-hybridized carbons (Fsp3) is 0.917. The van der Waals surface area contributed by atoms with Crippen molar-refractivity contribution in [2.24, 2.45) is 10.7 Å². The normalized spacial score (nSPS) is 13.0. The molecule has 17 heavy (non-hydrogen) atoms. The second-order valence-corrected chi connectivity index (χ2v) is 5.11. The molecule has 0 amide bonds. The van der Waals surface area contributed by atoms with E-state index >= 15 is 0 Å². The first kappa shape index (κ1) is 19.7. The highest BCUT2D eigenvalue weighted by atomic mass is 127. The molecule has 0 radical (unpaired) electrons. The zero-order valence-electron chi connectivity index (χ0n) is 11.4. The van der Waals surface area contributed by atoms with E-state index in [0.29, 0.717) is 12.0 Å². The fourth-order valence-corrected chi connectivity index (χ4v) is 1.80. The van der Waals surface area contributed by atoms with Gasteiger partial charge in [-0.05, 0) is 38.2 Å². The number of nitrogens with one attached hydrogen (secondary N) is 1. The van der Waals surface area contributed by atoms with Gasteiger partial charge in [-0.25, -0.2) is 0 Å². The standard InChI is InChI=1S/C12H27N3S.HI/c1-4-11(2)15-12(13)14-9-7-5-6-8-10-16-3;/h11H,4-10H2,1-3H3,(H3,13,14,15);1H. The number of unbranched alkanes of at least 4 members (excludes halogenated alkanes) is 3. The minimum absolute atomic E-state index is 0. The monoisotopic (exact) mass is 373 g/mol. The van der Waals surface area contributed by atoms with Gasteiger partial charge in [0.25, 0.3) is 0 Å². The lowest BCUT2D eigenvalue weighted by Gasteiger charge is -2.11. The Bertz CT molecular complexity index is 189. The summed E-state index contributed by atoms with van der Waals surface area (Å²) in [6, 6.07) is 0.422. The molecule has 0 aliphatic carbocycles. The molecule has 5 heteroatoms. The Kier molecular flexibility index (Phi) is 16.7. The molecule has 0 rings (SSSR count). The van der Waals surface area contributed by atoms with E-state index in [1.54, 1.807) is 0 Å². The smallest absolute Gasteiger partial charge is 0.188 e. The molecule has 3 nitrogen and oxygen atoms in total. The maximum atomic E-state index is 5.75. The summed E-state index contributed by atoms with van der Waals surface area (Å²) in [7, 11) is 0. The molecule has 0 heterocycles. The van der Waals surface area contributed by atoms with Crippen LogP contribution in [0.1, 0.15) is 46.0 Å². The quantitative estimate of drug-likeness (QED) is 0.282. The van der Waals surface area contributed by atoms with Gasteiger partial charge in [-0.3, -0.25) is 4.99 Å². The minimum atomic E-state index is 0. The van der Waals surface area contributed by atoms with Crippen LogP contribution in [0.25, 0.3) is 0 Å². The molecule has 0 saturated carbocycles. The SMILES string of the molecule is CCC(C)NC(N)=NCCCCCCSC.I. The van der Waals surface area contributed by atoms with Gasteiger partial charge in [0.15, 0.2) is 5.96 Å². The van der Waals surface area contributed by atoms with Crippen molar-refractivity contribution >= 4 is 41.7 Å². The van der Waals surface area contributed by atoms with Gasteiger partial charge in [-0.15, -0.1) is 24.0 Å². The number of hydrogen-bond donors (Lipinski definition) is 2. The third-order valence-electron chi connectivity index (χ3n) is 2.55. The van der Waals surface area contributed by atoms with Crippen molar-refractivity contribution in [1.29, 1.82) is 0 Å². The third-order valence-corrected chi connectivity index (χ3v) is 3.24. The summed E-state index contributed by atoms with van der Waals surface area (Å²) in [4.78, 5) is 4.31. The molecule has 0 fully saturated rings. The zero-order chi connectivity index (χ0) is 12.2. The predicted octanol–water partition coefficient (Wildman–Crippen LogP) is 3.23. The lowest BCUT2D eigenvalue weighted by molar-refractivity contribution is 0.632. The first-order chi connectivity index (χ1) is 7.70. The minimum Gasteiger partial charge on any atom is -0.370 e. The number of hydrogen-bond acceptors (Lipinski definition) is 2. The van der Waals surface area contributed by atoms with E-state index in [9.17, 15) is 0 Å². The number of nitrogens with zero attached hydrogens (tertiary/aromatic N) is 1. The Morgan fingerprint density at radius 1 is 1.29 bits per heavy atom. The lowest BCUT2D eigenvalue weighted by Crippen LogP contribution is -2.38. The van der Waals surface area contributed by atoms with Crippen LogP contribution in [0.15, 0.2) is 4.99 Å². The van der Waals surface area contributed by atoms with Crippen LogP contribution in [0.4, 0.5) is 0 Å². The van der Waals surface area contributed by atoms with Gasteiger partial charge in [-0.2, -0.15) is 11.8 Å². The zero-order valence-corrected chi connectivity index (χ0v) is 14.5. The van der Waals surface area contributed by atoms with Gasteiger partial charge < -0.3 is 11.1 Å². The Morgan fingerprint density at radius 3 is 2.53 bits per heavy atom. The molecule has 1 atom stereocenters. The van der Waals surface area contributed by atoms with Crippen LogP contribution < -0.4 is 11.1 Å². The fourth-order valence-electron chi connectivity index (χ4n) is 1.31. The number of thioether (sulfide) groups is 1. The number of nitrogens with two attached hydrogens (primary N) is 1. The van der Waals surface area contributed by atoms with Crippen molar-refractivity contribution in [3.05, 3.63) is 0 Å². The Balaban J connectivity index is 0. The average Bonchev–Trinajstić information content (AvgIpc) is 2.27. The summed E-state index contributed by atoms with van der Waals surface area (Å²) in [5.41, 5.74) is 5.75. The van der Waals surface area contributed by atoms with Crippen LogP contribution in [0, 0.1) is 0 Å². The molecule has 0 bridgehead atoms. The maximum Gasteiger partial charge on any atom is 0.188 e. The van der Waals surface area contributed by atoms with Crippen molar-refractivity contribution < 1.29 is 0 Å². The molecule has 0 aromatic heterocycles. The summed E-state index contributed by atoms with van der Waals surface area (Å²) in [5.74, 6) is 1.87. The molecule has 0 aliphatic heterocycles. The van der Waals surface area contributed by atoms with Gasteiger partial charge >= 0.3 is 0 Å². The molecule has 0 saturated heterocycles. The van der Waals surface area contributed by atoms with Crippen LogP contribution in [-0.2, 0) is 0 Å². The predicted molar refractivity (Wildman–Crippen MR) is 91.6 cm³/mol. The highest BCUT2D eigenvalue weighted by Crippen LogP contribution is 2.04. The second kappa shape index (κ2) is 14.4. The molecular formula is C12H28IN3S. The van der Waals surface area contributed by atoms with Crippen LogP contribution >= 0.6 is 35.7 Å². The average molecular weight is 373 g/mol. The van der Waals surface area contributed by atoms with E-state index in [1.165, 1.54) is 25.0 Å². The molecular weight excluding hydrogens is 345 g/mol. The molecule has 1 unspecified atom stereocenters. The topological polar surface area (TPSA) is 50.4 Å². The van der Waals surface area contributed by atoms with Crippen LogP contribution in [-0.4, -0.2) is 30.6 Å². The highest BCUT2D eigenvalue weighted by Gasteiger charge is 1.97. The van der Waals surface area contributed by atoms with Crippen molar-refractivity contribution in [2.45, 2.75) is 52.0 Å². The summed E-state index contributed by atoms with van der Waals surface area (Å²) >= 11 is 1.92. The van der Waals surface area contributed by atoms with Gasteiger partial charge in [0.05, 0.1) is 0 Å². The Morgan fingerprint density at radius 2 is 1.94 bits per heavy atom. The molecule has 0 spiro atoms. The van der Waals surface area contributed by atoms with Gasteiger partial charge in [0.1, 0.15) is 0 Å². The summed E-state index contributed by atoms with van der Waals surface area (Å²) in [5, 5.41) is 3.17. The summed E-state index contributed by atoms with van der Waals surface area (Å²) < 4.78 is 0. The molecule has 0 aromatic rings. The summed E-state index contributed by atoms with van der Waals surface area (Å²) in [6.07, 6.45) is 8.29. The van der Waals surface area contributed by atoms with E-state index in [1.807, 2.05) is 11.8 Å². The van der Waals surface area contributed by atoms with Crippen LogP contribution in [0.2, 0.25) is 0 Å². The molecule has 3 N–H and O–H groups in total. The van der Waals surface area contributed by atoms with Crippen molar-refractivity contribution in [3.63, 3.8) is 0 Å². The van der Waals surface area contributed by atoms with Crippen molar-refractivity contribution in [2.75, 3.05) is 18.6 Å². The highest BCUT2D eigenvalue weighted by molar-refractivity contribution is 14.0. The molecule has 0 aliphatic rings. The number of guanidine groups is 1. The van der Waals surface area contributed by atoms with Gasteiger partial charge in [-0.1, -0.05) is 19.8 Å². The van der Waals surface area contributed by atoms with E-state index in [4.69, 9.17) is 5.73 Å². The van der Waals surface area contributed by atoms with E-state index in [2.05, 4.69) is 30.4 Å². The van der Waals surface area contributed by atoms with Gasteiger partial charge in [0.2, 0.25) is 0 Å². The van der Waals surface area contributed by atoms with Crippen molar-refractivity contribution in [3.8, 4) is 0 Å². The number of halogens is 1. The third kappa shape index (κ3) is 14.3. The van der Waals surface area contributed by atoms with Crippen LogP contribution in [0.3, 0.4) is 0 Å². The molecule has 0 aromatic carbocycles. The number of aliphatic imine (C=N–C) groups is 1. The Hall–Kier alpha value is 0.350. The largest absolute Gasteiger partial charge is 0.370 e. The number of rotatable bonds is 9. The van der Waals surface area contributed by atoms with Crippen molar-refractivity contribution in [1.82, 2.24) is 5.32 Å².